The lowest BCUT2D eigenvalue weighted by atomic mass is 10.3. The number of pyridine rings is 1. The van der Waals surface area contributed by atoms with Gasteiger partial charge >= 0.3 is 0 Å². The van der Waals surface area contributed by atoms with Crippen LogP contribution in [0.5, 0.6) is 0 Å². The molecule has 0 atom stereocenters. The van der Waals surface area contributed by atoms with Crippen LogP contribution in [0.1, 0.15) is 25.3 Å². The Bertz CT molecular complexity index is 327. The van der Waals surface area contributed by atoms with Gasteiger partial charge in [-0.3, -0.25) is 9.78 Å². The fourth-order valence-corrected chi connectivity index (χ4v) is 1.47. The number of rotatable bonds is 7. The number of nitrogens with one attached hydrogen (secondary N) is 1. The van der Waals surface area contributed by atoms with Gasteiger partial charge in [-0.1, -0.05) is 19.4 Å². The lowest BCUT2D eigenvalue weighted by molar-refractivity contribution is -0.129. The Hall–Kier alpha value is -1.42. The van der Waals surface area contributed by atoms with E-state index in [2.05, 4.69) is 17.2 Å². The topological polar surface area (TPSA) is 45.2 Å². The SMILES string of the molecule is CCCCN(C)C(=O)CNCc1cccnc1. The molecule has 0 aromatic carbocycles. The molecule has 0 radical (unpaired) electrons. The van der Waals surface area contributed by atoms with Crippen LogP contribution in [0.3, 0.4) is 0 Å². The van der Waals surface area contributed by atoms with Crippen molar-refractivity contribution in [3.63, 3.8) is 0 Å². The summed E-state index contributed by atoms with van der Waals surface area (Å²) in [6.07, 6.45) is 5.72. The standard InChI is InChI=1S/C13H21N3O/c1-3-4-8-16(2)13(17)11-15-10-12-6-5-7-14-9-12/h5-7,9,15H,3-4,8,10-11H2,1-2H3. The number of aromatic nitrogens is 1. The number of carbonyl (C=O) groups excluding carboxylic acids is 1. The number of likely N-dealkylation sites (N-methyl/N-ethyl adjacent to an activating group) is 1. The highest BCUT2D eigenvalue weighted by Crippen LogP contribution is 1.95. The van der Waals surface area contributed by atoms with Crippen LogP contribution in [0.25, 0.3) is 0 Å². The van der Waals surface area contributed by atoms with Crippen LogP contribution in [0.4, 0.5) is 0 Å². The summed E-state index contributed by atoms with van der Waals surface area (Å²) in [7, 11) is 1.85. The summed E-state index contributed by atoms with van der Waals surface area (Å²) >= 11 is 0. The number of amides is 1. The Labute approximate surface area is 103 Å². The molecule has 1 amide bonds. The van der Waals surface area contributed by atoms with E-state index in [-0.39, 0.29) is 5.91 Å². The monoisotopic (exact) mass is 235 g/mol. The van der Waals surface area contributed by atoms with E-state index in [4.69, 9.17) is 0 Å². The second kappa shape index (κ2) is 7.79. The molecule has 1 aromatic rings. The maximum Gasteiger partial charge on any atom is 0.236 e. The van der Waals surface area contributed by atoms with E-state index in [1.807, 2.05) is 19.2 Å². The molecule has 1 heterocycles. The van der Waals surface area contributed by atoms with Gasteiger partial charge in [0.1, 0.15) is 0 Å². The lowest BCUT2D eigenvalue weighted by Gasteiger charge is -2.16. The first-order valence-corrected chi connectivity index (χ1v) is 6.07. The summed E-state index contributed by atoms with van der Waals surface area (Å²) in [5.41, 5.74) is 1.09. The molecule has 0 saturated carbocycles. The first kappa shape index (κ1) is 13.6. The zero-order valence-corrected chi connectivity index (χ0v) is 10.6. The lowest BCUT2D eigenvalue weighted by Crippen LogP contribution is -2.35. The highest BCUT2D eigenvalue weighted by Gasteiger charge is 2.06. The maximum absolute atomic E-state index is 11.7. The molecule has 0 aliphatic heterocycles. The second-order valence-corrected chi connectivity index (χ2v) is 4.13. The van der Waals surface area contributed by atoms with Gasteiger partial charge in [-0.2, -0.15) is 0 Å². The Morgan fingerprint density at radius 2 is 2.35 bits per heavy atom. The van der Waals surface area contributed by atoms with Crippen molar-refractivity contribution < 1.29 is 4.79 Å². The molecule has 4 nitrogen and oxygen atoms in total. The molecule has 0 spiro atoms. The van der Waals surface area contributed by atoms with Gasteiger partial charge in [0.05, 0.1) is 6.54 Å². The van der Waals surface area contributed by atoms with Crippen LogP contribution in [0.2, 0.25) is 0 Å². The van der Waals surface area contributed by atoms with Gasteiger partial charge in [0.2, 0.25) is 5.91 Å². The van der Waals surface area contributed by atoms with Gasteiger partial charge in [0, 0.05) is 32.5 Å². The Morgan fingerprint density at radius 1 is 1.53 bits per heavy atom. The molecule has 0 fully saturated rings. The maximum atomic E-state index is 11.7. The number of carbonyl (C=O) groups is 1. The molecule has 1 rings (SSSR count). The molecular formula is C13H21N3O. The first-order valence-electron chi connectivity index (χ1n) is 6.07. The first-order chi connectivity index (χ1) is 8.24. The summed E-state index contributed by atoms with van der Waals surface area (Å²) in [5, 5.41) is 3.13. The molecule has 1 aromatic heterocycles. The van der Waals surface area contributed by atoms with Crippen LogP contribution in [0.15, 0.2) is 24.5 Å². The smallest absolute Gasteiger partial charge is 0.236 e. The van der Waals surface area contributed by atoms with E-state index in [1.54, 1.807) is 17.3 Å². The average Bonchev–Trinajstić information content (AvgIpc) is 2.37. The van der Waals surface area contributed by atoms with Gasteiger partial charge in [-0.15, -0.1) is 0 Å². The molecule has 0 bridgehead atoms. The van der Waals surface area contributed by atoms with Gasteiger partial charge in [-0.25, -0.2) is 0 Å². The molecule has 1 N–H and O–H groups in total. The molecule has 0 aliphatic rings. The van der Waals surface area contributed by atoms with E-state index in [1.165, 1.54) is 0 Å². The fourth-order valence-electron chi connectivity index (χ4n) is 1.47. The second-order valence-electron chi connectivity index (χ2n) is 4.13. The van der Waals surface area contributed by atoms with Gasteiger partial charge in [-0.05, 0) is 18.1 Å². The fraction of sp³-hybridized carbons (Fsp3) is 0.538. The summed E-state index contributed by atoms with van der Waals surface area (Å²) in [6, 6.07) is 3.89. The van der Waals surface area contributed by atoms with Crippen LogP contribution in [-0.4, -0.2) is 35.9 Å². The highest BCUT2D eigenvalue weighted by molar-refractivity contribution is 5.77. The molecular weight excluding hydrogens is 214 g/mol. The van der Waals surface area contributed by atoms with Crippen molar-refractivity contribution in [1.82, 2.24) is 15.2 Å². The zero-order valence-electron chi connectivity index (χ0n) is 10.6. The van der Waals surface area contributed by atoms with Crippen molar-refractivity contribution >= 4 is 5.91 Å². The van der Waals surface area contributed by atoms with E-state index < -0.39 is 0 Å². The highest BCUT2D eigenvalue weighted by atomic mass is 16.2. The Balaban J connectivity index is 2.20. The molecule has 0 unspecified atom stereocenters. The van der Waals surface area contributed by atoms with Crippen LogP contribution < -0.4 is 5.32 Å². The van der Waals surface area contributed by atoms with Crippen LogP contribution in [0, 0.1) is 0 Å². The number of unbranched alkanes of at least 4 members (excludes halogenated alkanes) is 1. The molecule has 0 aliphatic carbocycles. The summed E-state index contributed by atoms with van der Waals surface area (Å²) in [5.74, 6) is 0.141. The van der Waals surface area contributed by atoms with Crippen LogP contribution in [-0.2, 0) is 11.3 Å². The van der Waals surface area contributed by atoms with Crippen molar-refractivity contribution in [1.29, 1.82) is 0 Å². The van der Waals surface area contributed by atoms with Gasteiger partial charge < -0.3 is 10.2 Å². The van der Waals surface area contributed by atoms with Crippen molar-refractivity contribution in [3.05, 3.63) is 30.1 Å². The van der Waals surface area contributed by atoms with E-state index in [0.717, 1.165) is 24.9 Å². The van der Waals surface area contributed by atoms with Crippen molar-refractivity contribution in [2.45, 2.75) is 26.3 Å². The number of nitrogens with zero attached hydrogens (tertiary/aromatic N) is 2. The van der Waals surface area contributed by atoms with E-state index in [0.29, 0.717) is 13.1 Å². The summed E-state index contributed by atoms with van der Waals surface area (Å²) < 4.78 is 0. The number of hydrogen-bond acceptors (Lipinski definition) is 3. The Morgan fingerprint density at radius 3 is 3.00 bits per heavy atom. The largest absolute Gasteiger partial charge is 0.345 e. The van der Waals surface area contributed by atoms with E-state index in [9.17, 15) is 4.79 Å². The Kier molecular flexibility index (Phi) is 6.25. The summed E-state index contributed by atoms with van der Waals surface area (Å²) in [4.78, 5) is 17.5. The van der Waals surface area contributed by atoms with Crippen molar-refractivity contribution in [2.75, 3.05) is 20.1 Å². The predicted molar refractivity (Wildman–Crippen MR) is 68.5 cm³/mol. The predicted octanol–water partition coefficient (Wildman–Crippen LogP) is 1.43. The molecule has 4 heteroatoms. The number of hydrogen-bond donors (Lipinski definition) is 1. The third-order valence-electron chi connectivity index (χ3n) is 2.60. The van der Waals surface area contributed by atoms with Crippen molar-refractivity contribution in [3.8, 4) is 0 Å². The van der Waals surface area contributed by atoms with Crippen LogP contribution >= 0.6 is 0 Å². The minimum Gasteiger partial charge on any atom is -0.345 e. The molecule has 0 saturated heterocycles. The normalized spacial score (nSPS) is 10.2. The quantitative estimate of drug-likeness (QED) is 0.777. The van der Waals surface area contributed by atoms with Crippen molar-refractivity contribution in [2.24, 2.45) is 0 Å². The third-order valence-corrected chi connectivity index (χ3v) is 2.60. The van der Waals surface area contributed by atoms with Gasteiger partial charge in [0.15, 0.2) is 0 Å². The summed E-state index contributed by atoms with van der Waals surface area (Å²) in [6.45, 7) is 4.03. The zero-order chi connectivity index (χ0) is 12.5. The molecule has 94 valence electrons. The average molecular weight is 235 g/mol. The minimum atomic E-state index is 0.141. The van der Waals surface area contributed by atoms with Gasteiger partial charge in [0.25, 0.3) is 0 Å². The van der Waals surface area contributed by atoms with E-state index >= 15 is 0 Å². The minimum absolute atomic E-state index is 0.141. The molecule has 17 heavy (non-hydrogen) atoms. The third kappa shape index (κ3) is 5.45.